The van der Waals surface area contributed by atoms with Crippen LogP contribution in [0.1, 0.15) is 30.5 Å². The Morgan fingerprint density at radius 2 is 1.47 bits per heavy atom. The molecule has 0 aliphatic heterocycles. The number of nitrogens with one attached hydrogen (secondary N) is 1. The maximum atomic E-state index is 14.4. The SMILES string of the molecule is Cc1ccccc1CN(C(=O)CN(c1cccc(Cl)c1)S(=O)(=O)c1ccccc1)[C@H](Cc1ccccc1)C(=O)NC(C)C. The molecule has 43 heavy (non-hydrogen) atoms. The molecule has 1 N–H and O–H groups in total. The van der Waals surface area contributed by atoms with E-state index in [1.807, 2.05) is 75.4 Å². The number of halogens is 1. The van der Waals surface area contributed by atoms with Gasteiger partial charge in [-0.15, -0.1) is 0 Å². The lowest BCUT2D eigenvalue weighted by Crippen LogP contribution is -2.54. The van der Waals surface area contributed by atoms with Crippen LogP contribution in [0.3, 0.4) is 0 Å². The predicted octanol–water partition coefficient (Wildman–Crippen LogP) is 6.01. The lowest BCUT2D eigenvalue weighted by atomic mass is 10.0. The Bertz CT molecular complexity index is 1650. The molecule has 0 aliphatic carbocycles. The molecule has 0 bridgehead atoms. The topological polar surface area (TPSA) is 86.8 Å². The van der Waals surface area contributed by atoms with Crippen molar-refractivity contribution in [3.63, 3.8) is 0 Å². The van der Waals surface area contributed by atoms with Crippen LogP contribution in [0, 0.1) is 6.92 Å². The zero-order valence-corrected chi connectivity index (χ0v) is 26.1. The Morgan fingerprint density at radius 1 is 0.837 bits per heavy atom. The van der Waals surface area contributed by atoms with Crippen molar-refractivity contribution < 1.29 is 18.0 Å². The summed E-state index contributed by atoms with van der Waals surface area (Å²) in [4.78, 5) is 29.7. The smallest absolute Gasteiger partial charge is 0.264 e. The van der Waals surface area contributed by atoms with E-state index < -0.39 is 28.5 Å². The van der Waals surface area contributed by atoms with Crippen molar-refractivity contribution in [3.05, 3.63) is 131 Å². The summed E-state index contributed by atoms with van der Waals surface area (Å²) in [6.45, 7) is 5.24. The fraction of sp³-hybridized carbons (Fsp3) is 0.235. The summed E-state index contributed by atoms with van der Waals surface area (Å²) in [5, 5.41) is 3.29. The molecule has 9 heteroatoms. The van der Waals surface area contributed by atoms with Gasteiger partial charge in [0.15, 0.2) is 0 Å². The summed E-state index contributed by atoms with van der Waals surface area (Å²) in [7, 11) is -4.18. The van der Waals surface area contributed by atoms with E-state index in [1.54, 1.807) is 36.4 Å². The molecule has 4 rings (SSSR count). The monoisotopic (exact) mass is 617 g/mol. The van der Waals surface area contributed by atoms with Gasteiger partial charge in [-0.05, 0) is 67.8 Å². The highest BCUT2D eigenvalue weighted by atomic mass is 35.5. The first kappa shape index (κ1) is 31.8. The predicted molar refractivity (Wildman–Crippen MR) is 171 cm³/mol. The molecule has 0 saturated heterocycles. The summed E-state index contributed by atoms with van der Waals surface area (Å²) in [6, 6.07) is 30.3. The average Bonchev–Trinajstić information content (AvgIpc) is 2.99. The Hall–Kier alpha value is -4.14. The standard InChI is InChI=1S/C34H36ClN3O4S/c1-25(2)36-34(40)32(21-27-14-6-4-7-15-27)37(23-28-16-11-10-13-26(28)3)33(39)24-38(30-18-12-17-29(35)22-30)43(41,42)31-19-8-5-9-20-31/h4-20,22,25,32H,21,23-24H2,1-3H3,(H,36,40)/t32-/m1/s1. The van der Waals surface area contributed by atoms with Gasteiger partial charge in [-0.3, -0.25) is 13.9 Å². The first-order chi connectivity index (χ1) is 20.6. The van der Waals surface area contributed by atoms with E-state index in [4.69, 9.17) is 11.6 Å². The number of carbonyl (C=O) groups is 2. The van der Waals surface area contributed by atoms with Crippen molar-refractivity contribution in [1.82, 2.24) is 10.2 Å². The summed E-state index contributed by atoms with van der Waals surface area (Å²) in [6.07, 6.45) is 0.250. The van der Waals surface area contributed by atoms with Crippen LogP contribution >= 0.6 is 11.6 Å². The first-order valence-electron chi connectivity index (χ1n) is 14.1. The number of anilines is 1. The second kappa shape index (κ2) is 14.4. The molecule has 4 aromatic carbocycles. The Balaban J connectivity index is 1.81. The molecule has 0 radical (unpaired) electrons. The van der Waals surface area contributed by atoms with Crippen molar-refractivity contribution in [2.75, 3.05) is 10.8 Å². The largest absolute Gasteiger partial charge is 0.352 e. The molecule has 0 heterocycles. The van der Waals surface area contributed by atoms with Gasteiger partial charge in [0.25, 0.3) is 10.0 Å². The van der Waals surface area contributed by atoms with Crippen LogP contribution in [0.15, 0.2) is 114 Å². The molecule has 2 amide bonds. The molecule has 0 spiro atoms. The third-order valence-corrected chi connectivity index (χ3v) is 9.03. The first-order valence-corrected chi connectivity index (χ1v) is 15.9. The van der Waals surface area contributed by atoms with E-state index in [0.29, 0.717) is 5.02 Å². The van der Waals surface area contributed by atoms with Crippen LogP contribution in [-0.2, 0) is 32.6 Å². The van der Waals surface area contributed by atoms with E-state index in [0.717, 1.165) is 21.0 Å². The van der Waals surface area contributed by atoms with Gasteiger partial charge in [0, 0.05) is 24.0 Å². The lowest BCUT2D eigenvalue weighted by Gasteiger charge is -2.34. The number of nitrogens with zero attached hydrogens (tertiary/aromatic N) is 2. The van der Waals surface area contributed by atoms with E-state index in [2.05, 4.69) is 5.32 Å². The quantitative estimate of drug-likeness (QED) is 0.211. The number of hydrogen-bond donors (Lipinski definition) is 1. The van der Waals surface area contributed by atoms with Crippen LogP contribution in [0.2, 0.25) is 5.02 Å². The van der Waals surface area contributed by atoms with Gasteiger partial charge in [-0.2, -0.15) is 0 Å². The highest BCUT2D eigenvalue weighted by Gasteiger charge is 2.35. The number of benzene rings is 4. The summed E-state index contributed by atoms with van der Waals surface area (Å²) in [5.41, 5.74) is 2.92. The fourth-order valence-electron chi connectivity index (χ4n) is 4.79. The summed E-state index contributed by atoms with van der Waals surface area (Å²) < 4.78 is 29.0. The molecule has 0 aliphatic rings. The zero-order valence-electron chi connectivity index (χ0n) is 24.5. The van der Waals surface area contributed by atoms with Crippen molar-refractivity contribution in [3.8, 4) is 0 Å². The van der Waals surface area contributed by atoms with Crippen molar-refractivity contribution >= 4 is 39.1 Å². The van der Waals surface area contributed by atoms with Gasteiger partial charge >= 0.3 is 0 Å². The third-order valence-electron chi connectivity index (χ3n) is 7.01. The summed E-state index contributed by atoms with van der Waals surface area (Å²) >= 11 is 6.27. The minimum atomic E-state index is -4.18. The maximum Gasteiger partial charge on any atom is 0.264 e. The van der Waals surface area contributed by atoms with Crippen LogP contribution in [0.5, 0.6) is 0 Å². The van der Waals surface area contributed by atoms with Crippen LogP contribution in [0.25, 0.3) is 0 Å². The summed E-state index contributed by atoms with van der Waals surface area (Å²) in [5.74, 6) is -0.844. The molecule has 0 unspecified atom stereocenters. The number of sulfonamides is 1. The Kier molecular flexibility index (Phi) is 10.6. The van der Waals surface area contributed by atoms with Gasteiger partial charge in [-0.25, -0.2) is 8.42 Å². The van der Waals surface area contributed by atoms with Crippen molar-refractivity contribution in [2.45, 2.75) is 50.7 Å². The minimum Gasteiger partial charge on any atom is -0.352 e. The van der Waals surface area contributed by atoms with Gasteiger partial charge in [0.1, 0.15) is 12.6 Å². The zero-order chi connectivity index (χ0) is 31.0. The molecule has 0 aromatic heterocycles. The van der Waals surface area contributed by atoms with Crippen molar-refractivity contribution in [2.24, 2.45) is 0 Å². The maximum absolute atomic E-state index is 14.4. The average molecular weight is 618 g/mol. The van der Waals surface area contributed by atoms with Crippen LogP contribution in [0.4, 0.5) is 5.69 Å². The van der Waals surface area contributed by atoms with E-state index in [9.17, 15) is 18.0 Å². The van der Waals surface area contributed by atoms with Gasteiger partial charge < -0.3 is 10.2 Å². The number of amides is 2. The van der Waals surface area contributed by atoms with Crippen LogP contribution in [-0.4, -0.2) is 43.8 Å². The second-order valence-corrected chi connectivity index (χ2v) is 12.9. The highest BCUT2D eigenvalue weighted by Crippen LogP contribution is 2.27. The fourth-order valence-corrected chi connectivity index (χ4v) is 6.40. The van der Waals surface area contributed by atoms with E-state index >= 15 is 0 Å². The number of rotatable bonds is 12. The van der Waals surface area contributed by atoms with Crippen LogP contribution < -0.4 is 9.62 Å². The number of carbonyl (C=O) groups excluding carboxylic acids is 2. The Morgan fingerprint density at radius 3 is 2.09 bits per heavy atom. The molecule has 7 nitrogen and oxygen atoms in total. The van der Waals surface area contributed by atoms with E-state index in [-0.39, 0.29) is 35.5 Å². The molecule has 0 fully saturated rings. The molecular weight excluding hydrogens is 582 g/mol. The van der Waals surface area contributed by atoms with Gasteiger partial charge in [0.2, 0.25) is 11.8 Å². The van der Waals surface area contributed by atoms with Gasteiger partial charge in [0.05, 0.1) is 10.6 Å². The molecule has 1 atom stereocenters. The van der Waals surface area contributed by atoms with Gasteiger partial charge in [-0.1, -0.05) is 90.5 Å². The number of aryl methyl sites for hydroxylation is 1. The van der Waals surface area contributed by atoms with Crippen molar-refractivity contribution in [1.29, 1.82) is 0 Å². The third kappa shape index (κ3) is 8.24. The minimum absolute atomic E-state index is 0.0339. The second-order valence-electron chi connectivity index (χ2n) is 10.6. The molecule has 224 valence electrons. The normalized spacial score (nSPS) is 12.0. The molecule has 4 aromatic rings. The Labute approximate surface area is 259 Å². The highest BCUT2D eigenvalue weighted by molar-refractivity contribution is 7.92. The molecular formula is C34H36ClN3O4S. The lowest BCUT2D eigenvalue weighted by molar-refractivity contribution is -0.140. The van der Waals surface area contributed by atoms with E-state index in [1.165, 1.54) is 23.1 Å². The number of hydrogen-bond acceptors (Lipinski definition) is 4. The molecule has 0 saturated carbocycles.